The predicted octanol–water partition coefficient (Wildman–Crippen LogP) is 3.28. The first-order valence-corrected chi connectivity index (χ1v) is 11.0. The van der Waals surface area contributed by atoms with Crippen LogP contribution < -0.4 is 9.62 Å². The van der Waals surface area contributed by atoms with E-state index in [0.29, 0.717) is 29.9 Å². The average Bonchev–Trinajstić information content (AvgIpc) is 3.22. The minimum Gasteiger partial charge on any atom is -0.319 e. The van der Waals surface area contributed by atoms with Crippen molar-refractivity contribution in [3.05, 3.63) is 71.5 Å². The lowest BCUT2D eigenvalue weighted by Gasteiger charge is -2.17. The summed E-state index contributed by atoms with van der Waals surface area (Å²) in [4.78, 5) is 12.7. The molecule has 0 atom stereocenters. The molecule has 1 amide bonds. The van der Waals surface area contributed by atoms with Gasteiger partial charge >= 0.3 is 0 Å². The summed E-state index contributed by atoms with van der Waals surface area (Å²) in [7, 11) is -3.23. The number of sulfonamides is 1. The zero-order valence-electron chi connectivity index (χ0n) is 16.3. The fourth-order valence-electron chi connectivity index (χ4n) is 3.54. The Balaban J connectivity index is 1.55. The van der Waals surface area contributed by atoms with Gasteiger partial charge in [-0.3, -0.25) is 9.10 Å². The van der Waals surface area contributed by atoms with Gasteiger partial charge in [0.1, 0.15) is 0 Å². The average molecular weight is 410 g/mol. The number of hydrogen-bond acceptors (Lipinski definition) is 4. The van der Waals surface area contributed by atoms with Crippen molar-refractivity contribution in [2.75, 3.05) is 21.9 Å². The van der Waals surface area contributed by atoms with Gasteiger partial charge in [0, 0.05) is 12.1 Å². The molecule has 0 aliphatic carbocycles. The lowest BCUT2D eigenvalue weighted by Crippen LogP contribution is -2.25. The van der Waals surface area contributed by atoms with E-state index in [-0.39, 0.29) is 11.7 Å². The number of anilines is 2. The Kier molecular flexibility index (Phi) is 4.87. The molecule has 4 rings (SSSR count). The Hall–Kier alpha value is -3.13. The maximum absolute atomic E-state index is 12.7. The van der Waals surface area contributed by atoms with Crippen LogP contribution in [0.25, 0.3) is 5.69 Å². The van der Waals surface area contributed by atoms with E-state index in [1.807, 2.05) is 44.2 Å². The third kappa shape index (κ3) is 3.63. The highest BCUT2D eigenvalue weighted by Gasteiger charge is 2.28. The maximum atomic E-state index is 12.7. The molecule has 3 aromatic rings. The second-order valence-corrected chi connectivity index (χ2v) is 9.05. The summed E-state index contributed by atoms with van der Waals surface area (Å²) in [5.41, 5.74) is 4.19. The molecule has 1 saturated heterocycles. The Morgan fingerprint density at radius 1 is 1.00 bits per heavy atom. The second-order valence-electron chi connectivity index (χ2n) is 7.04. The third-order valence-corrected chi connectivity index (χ3v) is 6.92. The van der Waals surface area contributed by atoms with Crippen molar-refractivity contribution in [2.24, 2.45) is 0 Å². The fourth-order valence-corrected chi connectivity index (χ4v) is 5.10. The topological polar surface area (TPSA) is 84.3 Å². The van der Waals surface area contributed by atoms with Crippen LogP contribution in [0.5, 0.6) is 0 Å². The Bertz CT molecular complexity index is 1150. The number of nitrogens with one attached hydrogen (secondary N) is 1. The normalized spacial score (nSPS) is 15.4. The monoisotopic (exact) mass is 410 g/mol. The zero-order valence-corrected chi connectivity index (χ0v) is 17.1. The number of amides is 1. The van der Waals surface area contributed by atoms with Gasteiger partial charge in [-0.25, -0.2) is 13.1 Å². The van der Waals surface area contributed by atoms with E-state index in [2.05, 4.69) is 10.4 Å². The molecular formula is C21H22N4O3S. The van der Waals surface area contributed by atoms with Crippen molar-refractivity contribution in [2.45, 2.75) is 20.3 Å². The van der Waals surface area contributed by atoms with Crippen molar-refractivity contribution in [1.29, 1.82) is 0 Å². The summed E-state index contributed by atoms with van der Waals surface area (Å²) >= 11 is 0. The van der Waals surface area contributed by atoms with Crippen LogP contribution >= 0.6 is 0 Å². The van der Waals surface area contributed by atoms with Gasteiger partial charge < -0.3 is 5.32 Å². The molecule has 1 N–H and O–H groups in total. The van der Waals surface area contributed by atoms with Crippen molar-refractivity contribution >= 4 is 27.3 Å². The molecule has 29 heavy (non-hydrogen) atoms. The molecule has 150 valence electrons. The number of aryl methyl sites for hydroxylation is 1. The first-order chi connectivity index (χ1) is 13.9. The van der Waals surface area contributed by atoms with Gasteiger partial charge in [0.15, 0.2) is 0 Å². The van der Waals surface area contributed by atoms with Gasteiger partial charge in [0.2, 0.25) is 10.0 Å². The first kappa shape index (κ1) is 19.2. The first-order valence-electron chi connectivity index (χ1n) is 9.40. The highest BCUT2D eigenvalue weighted by molar-refractivity contribution is 7.93. The summed E-state index contributed by atoms with van der Waals surface area (Å²) < 4.78 is 27.3. The van der Waals surface area contributed by atoms with Gasteiger partial charge in [0.05, 0.1) is 34.2 Å². The number of para-hydroxylation sites is 1. The van der Waals surface area contributed by atoms with Gasteiger partial charge in [-0.05, 0) is 56.7 Å². The SMILES string of the molecule is Cc1nn(-c2ccccc2)c(C)c1NC(=O)c1ccc(N2CCCS2(=O)=O)cc1. The molecule has 0 unspecified atom stereocenters. The Morgan fingerprint density at radius 2 is 1.69 bits per heavy atom. The van der Waals surface area contributed by atoms with Crippen molar-refractivity contribution < 1.29 is 13.2 Å². The summed E-state index contributed by atoms with van der Waals surface area (Å²) in [6.07, 6.45) is 0.620. The number of benzene rings is 2. The van der Waals surface area contributed by atoms with E-state index in [4.69, 9.17) is 0 Å². The van der Waals surface area contributed by atoms with Crippen LogP contribution in [0.4, 0.5) is 11.4 Å². The van der Waals surface area contributed by atoms with E-state index in [1.54, 1.807) is 28.9 Å². The predicted molar refractivity (Wildman–Crippen MR) is 113 cm³/mol. The quantitative estimate of drug-likeness (QED) is 0.715. The lowest BCUT2D eigenvalue weighted by atomic mass is 10.2. The Morgan fingerprint density at radius 3 is 2.31 bits per heavy atom. The fraction of sp³-hybridized carbons (Fsp3) is 0.238. The molecular weight excluding hydrogens is 388 g/mol. The van der Waals surface area contributed by atoms with Crippen LogP contribution in [-0.4, -0.2) is 36.4 Å². The number of aromatic nitrogens is 2. The van der Waals surface area contributed by atoms with E-state index in [1.165, 1.54) is 4.31 Å². The number of carbonyl (C=O) groups excluding carboxylic acids is 1. The minimum absolute atomic E-state index is 0.166. The molecule has 0 spiro atoms. The minimum atomic E-state index is -3.23. The highest BCUT2D eigenvalue weighted by Crippen LogP contribution is 2.26. The number of rotatable bonds is 4. The van der Waals surface area contributed by atoms with Crippen LogP contribution in [0.1, 0.15) is 28.2 Å². The van der Waals surface area contributed by atoms with Gasteiger partial charge in [-0.15, -0.1) is 0 Å². The summed E-state index contributed by atoms with van der Waals surface area (Å²) in [5.74, 6) is -0.0984. The molecule has 1 fully saturated rings. The molecule has 0 saturated carbocycles. The van der Waals surface area contributed by atoms with E-state index >= 15 is 0 Å². The summed E-state index contributed by atoms with van der Waals surface area (Å²) in [6, 6.07) is 16.4. The van der Waals surface area contributed by atoms with E-state index < -0.39 is 10.0 Å². The van der Waals surface area contributed by atoms with Crippen molar-refractivity contribution in [3.8, 4) is 5.69 Å². The molecule has 1 aliphatic rings. The van der Waals surface area contributed by atoms with Crippen LogP contribution in [0.15, 0.2) is 54.6 Å². The van der Waals surface area contributed by atoms with Crippen LogP contribution in [0.2, 0.25) is 0 Å². The van der Waals surface area contributed by atoms with Gasteiger partial charge in [-0.2, -0.15) is 5.10 Å². The highest BCUT2D eigenvalue weighted by atomic mass is 32.2. The third-order valence-electron chi connectivity index (χ3n) is 5.05. The molecule has 7 nitrogen and oxygen atoms in total. The second kappa shape index (κ2) is 7.36. The van der Waals surface area contributed by atoms with Crippen LogP contribution in [-0.2, 0) is 10.0 Å². The van der Waals surface area contributed by atoms with Crippen molar-refractivity contribution in [3.63, 3.8) is 0 Å². The van der Waals surface area contributed by atoms with Crippen LogP contribution in [0, 0.1) is 13.8 Å². The molecule has 0 radical (unpaired) electrons. The van der Waals surface area contributed by atoms with Gasteiger partial charge in [0.25, 0.3) is 5.91 Å². The number of hydrogen-bond donors (Lipinski definition) is 1. The van der Waals surface area contributed by atoms with Crippen LogP contribution in [0.3, 0.4) is 0 Å². The molecule has 0 bridgehead atoms. The zero-order chi connectivity index (χ0) is 20.6. The summed E-state index contributed by atoms with van der Waals surface area (Å²) in [6.45, 7) is 4.23. The molecule has 1 aliphatic heterocycles. The molecule has 2 heterocycles. The standard InChI is InChI=1S/C21H22N4O3S/c1-15-20(16(2)25(23-15)19-7-4-3-5-8-19)22-21(26)17-9-11-18(12-10-17)24-13-6-14-29(24,27)28/h3-5,7-12H,6,13-14H2,1-2H3,(H,22,26). The van der Waals surface area contributed by atoms with Gasteiger partial charge in [-0.1, -0.05) is 18.2 Å². The maximum Gasteiger partial charge on any atom is 0.255 e. The number of nitrogens with zero attached hydrogens (tertiary/aromatic N) is 3. The Labute approximate surface area is 170 Å². The van der Waals surface area contributed by atoms with E-state index in [0.717, 1.165) is 17.1 Å². The lowest BCUT2D eigenvalue weighted by molar-refractivity contribution is 0.102. The molecule has 2 aromatic carbocycles. The summed E-state index contributed by atoms with van der Waals surface area (Å²) in [5, 5.41) is 7.47. The largest absolute Gasteiger partial charge is 0.319 e. The van der Waals surface area contributed by atoms with E-state index in [9.17, 15) is 13.2 Å². The molecule has 8 heteroatoms. The number of carbonyl (C=O) groups is 1. The van der Waals surface area contributed by atoms with Crippen molar-refractivity contribution in [1.82, 2.24) is 9.78 Å². The smallest absolute Gasteiger partial charge is 0.255 e. The molecule has 1 aromatic heterocycles.